The molecule has 1 amide bonds. The second kappa shape index (κ2) is 6.66. The molecular weight excluding hydrogens is 268 g/mol. The summed E-state index contributed by atoms with van der Waals surface area (Å²) >= 11 is 1.64. The second-order valence-electron chi connectivity index (χ2n) is 4.87. The molecule has 0 spiro atoms. The third-order valence-electron chi connectivity index (χ3n) is 3.45. The fraction of sp³-hybridized carbons (Fsp3) is 0.375. The topological polar surface area (TPSA) is 33.2 Å². The Morgan fingerprint density at radius 3 is 2.60 bits per heavy atom. The lowest BCUT2D eigenvalue weighted by Crippen LogP contribution is -2.30. The third kappa shape index (κ3) is 3.45. The molecule has 1 aromatic heterocycles. The highest BCUT2D eigenvalue weighted by Crippen LogP contribution is 2.27. The van der Waals surface area contributed by atoms with Gasteiger partial charge >= 0.3 is 0 Å². The number of aryl methyl sites for hydroxylation is 1. The lowest BCUT2D eigenvalue weighted by Gasteiger charge is -2.25. The van der Waals surface area contributed by atoms with E-state index in [0.29, 0.717) is 0 Å². The summed E-state index contributed by atoms with van der Waals surface area (Å²) in [4.78, 5) is 18.2. The normalized spacial score (nSPS) is 12.2. The van der Waals surface area contributed by atoms with Gasteiger partial charge < -0.3 is 4.90 Å². The highest BCUT2D eigenvalue weighted by molar-refractivity contribution is 7.09. The number of hydrogen-bond donors (Lipinski definition) is 0. The van der Waals surface area contributed by atoms with Crippen LogP contribution in [0.4, 0.5) is 0 Å². The minimum Gasteiger partial charge on any atom is -0.336 e. The van der Waals surface area contributed by atoms with Crippen molar-refractivity contribution in [3.05, 3.63) is 52.0 Å². The average molecular weight is 288 g/mol. The molecule has 0 aliphatic carbocycles. The fourth-order valence-corrected chi connectivity index (χ4v) is 3.13. The van der Waals surface area contributed by atoms with Crippen molar-refractivity contribution >= 4 is 17.2 Å². The zero-order chi connectivity index (χ0) is 14.5. The number of rotatable bonds is 5. The number of hydrogen-bond acceptors (Lipinski definition) is 3. The Morgan fingerprint density at radius 2 is 2.05 bits per heavy atom. The monoisotopic (exact) mass is 288 g/mol. The highest BCUT2D eigenvalue weighted by atomic mass is 32.1. The van der Waals surface area contributed by atoms with Gasteiger partial charge in [0.2, 0.25) is 5.91 Å². The minimum absolute atomic E-state index is 0.0141. The minimum atomic E-state index is 0.0141. The fourth-order valence-electron chi connectivity index (χ4n) is 2.08. The van der Waals surface area contributed by atoms with Gasteiger partial charge in [0.15, 0.2) is 0 Å². The van der Waals surface area contributed by atoms with E-state index in [1.54, 1.807) is 23.2 Å². The predicted octanol–water partition coefficient (Wildman–Crippen LogP) is 3.47. The van der Waals surface area contributed by atoms with Crippen LogP contribution in [0.15, 0.2) is 35.7 Å². The van der Waals surface area contributed by atoms with Crippen LogP contribution in [0.3, 0.4) is 0 Å². The summed E-state index contributed by atoms with van der Waals surface area (Å²) in [6.07, 6.45) is 1.73. The summed E-state index contributed by atoms with van der Waals surface area (Å²) in [5, 5.41) is 3.10. The summed E-state index contributed by atoms with van der Waals surface area (Å²) in [5.74, 6) is 0.0687. The maximum absolute atomic E-state index is 11.7. The van der Waals surface area contributed by atoms with Crippen molar-refractivity contribution in [3.8, 4) is 0 Å². The van der Waals surface area contributed by atoms with Gasteiger partial charge in [-0.25, -0.2) is 4.98 Å². The van der Waals surface area contributed by atoms with E-state index in [2.05, 4.69) is 29.4 Å². The largest absolute Gasteiger partial charge is 0.336 e. The van der Waals surface area contributed by atoms with Gasteiger partial charge in [-0.1, -0.05) is 37.3 Å². The maximum Gasteiger partial charge on any atom is 0.219 e. The van der Waals surface area contributed by atoms with Gasteiger partial charge in [-0.2, -0.15) is 0 Å². The molecule has 0 aliphatic rings. The van der Waals surface area contributed by atoms with Gasteiger partial charge in [0.25, 0.3) is 0 Å². The van der Waals surface area contributed by atoms with E-state index in [-0.39, 0.29) is 11.9 Å². The molecule has 2 aromatic rings. The Bertz CT molecular complexity index is 565. The number of thiazole rings is 1. The van der Waals surface area contributed by atoms with Gasteiger partial charge in [-0.05, 0) is 18.4 Å². The van der Waals surface area contributed by atoms with E-state index in [1.807, 2.05) is 25.2 Å². The molecule has 0 N–H and O–H groups in total. The second-order valence-corrected chi connectivity index (χ2v) is 5.76. The number of carbonyl (C=O) groups is 1. The van der Waals surface area contributed by atoms with E-state index in [1.165, 1.54) is 5.56 Å². The van der Waals surface area contributed by atoms with Crippen LogP contribution in [0.25, 0.3) is 0 Å². The Hall–Kier alpha value is -1.68. The maximum atomic E-state index is 11.7. The van der Waals surface area contributed by atoms with Gasteiger partial charge in [-0.3, -0.25) is 4.79 Å². The zero-order valence-corrected chi connectivity index (χ0v) is 13.0. The van der Waals surface area contributed by atoms with Crippen molar-refractivity contribution in [1.29, 1.82) is 0 Å². The molecule has 1 heterocycles. The van der Waals surface area contributed by atoms with Crippen LogP contribution in [0.2, 0.25) is 0 Å². The standard InChI is InChI=1S/C16H20N2OS/c1-4-14-11-20-16(17-14)15(18(3)12(2)19)10-13-8-6-5-7-9-13/h5-9,11,15H,4,10H2,1-3H3. The molecule has 0 saturated heterocycles. The van der Waals surface area contributed by atoms with Crippen molar-refractivity contribution in [2.45, 2.75) is 32.7 Å². The molecule has 4 heteroatoms. The highest BCUT2D eigenvalue weighted by Gasteiger charge is 2.22. The molecule has 0 aliphatic heterocycles. The van der Waals surface area contributed by atoms with Crippen LogP contribution in [0, 0.1) is 0 Å². The van der Waals surface area contributed by atoms with Crippen LogP contribution in [0.1, 0.15) is 36.2 Å². The molecular formula is C16H20N2OS. The molecule has 0 bridgehead atoms. The number of amides is 1. The van der Waals surface area contributed by atoms with Gasteiger partial charge in [0, 0.05) is 19.4 Å². The van der Waals surface area contributed by atoms with Crippen molar-refractivity contribution in [3.63, 3.8) is 0 Å². The van der Waals surface area contributed by atoms with Crippen molar-refractivity contribution < 1.29 is 4.79 Å². The first kappa shape index (κ1) is 14.7. The van der Waals surface area contributed by atoms with Crippen molar-refractivity contribution in [2.75, 3.05) is 7.05 Å². The van der Waals surface area contributed by atoms with Crippen LogP contribution in [0.5, 0.6) is 0 Å². The van der Waals surface area contributed by atoms with Crippen molar-refractivity contribution in [1.82, 2.24) is 9.88 Å². The summed E-state index contributed by atoms with van der Waals surface area (Å²) < 4.78 is 0. The van der Waals surface area contributed by atoms with Gasteiger partial charge in [0.05, 0.1) is 11.7 Å². The predicted molar refractivity (Wildman–Crippen MR) is 82.8 cm³/mol. The van der Waals surface area contributed by atoms with E-state index < -0.39 is 0 Å². The van der Waals surface area contributed by atoms with Crippen LogP contribution in [-0.4, -0.2) is 22.8 Å². The molecule has 0 radical (unpaired) electrons. The number of benzene rings is 1. The first-order valence-electron chi connectivity index (χ1n) is 6.83. The number of aromatic nitrogens is 1. The molecule has 1 atom stereocenters. The molecule has 0 fully saturated rings. The van der Waals surface area contributed by atoms with E-state index in [9.17, 15) is 4.79 Å². The molecule has 0 saturated carbocycles. The molecule has 1 aromatic carbocycles. The van der Waals surface area contributed by atoms with Crippen LogP contribution in [-0.2, 0) is 17.6 Å². The SMILES string of the molecule is CCc1csc(C(Cc2ccccc2)N(C)C(C)=O)n1. The van der Waals surface area contributed by atoms with E-state index >= 15 is 0 Å². The van der Waals surface area contributed by atoms with Gasteiger partial charge in [-0.15, -0.1) is 11.3 Å². The molecule has 106 valence electrons. The Balaban J connectivity index is 2.27. The van der Waals surface area contributed by atoms with Gasteiger partial charge in [0.1, 0.15) is 5.01 Å². The lowest BCUT2D eigenvalue weighted by atomic mass is 10.1. The molecule has 20 heavy (non-hydrogen) atoms. The Labute approximate surface area is 124 Å². The summed E-state index contributed by atoms with van der Waals surface area (Å²) in [6, 6.07) is 10.3. The number of likely N-dealkylation sites (N-methyl/N-ethyl adjacent to an activating group) is 1. The van der Waals surface area contributed by atoms with Crippen molar-refractivity contribution in [2.24, 2.45) is 0 Å². The zero-order valence-electron chi connectivity index (χ0n) is 12.2. The Kier molecular flexibility index (Phi) is 4.90. The lowest BCUT2D eigenvalue weighted by molar-refractivity contribution is -0.129. The summed E-state index contributed by atoms with van der Waals surface area (Å²) in [7, 11) is 1.85. The number of nitrogens with zero attached hydrogens (tertiary/aromatic N) is 2. The summed E-state index contributed by atoms with van der Waals surface area (Å²) in [5.41, 5.74) is 2.32. The average Bonchev–Trinajstić information content (AvgIpc) is 2.93. The van der Waals surface area contributed by atoms with E-state index in [0.717, 1.165) is 23.5 Å². The third-order valence-corrected chi connectivity index (χ3v) is 4.45. The summed E-state index contributed by atoms with van der Waals surface area (Å²) in [6.45, 7) is 3.70. The molecule has 1 unspecified atom stereocenters. The quantitative estimate of drug-likeness (QED) is 0.844. The Morgan fingerprint density at radius 1 is 1.35 bits per heavy atom. The first-order chi connectivity index (χ1) is 9.61. The first-order valence-corrected chi connectivity index (χ1v) is 7.71. The molecule has 3 nitrogen and oxygen atoms in total. The molecule has 2 rings (SSSR count). The van der Waals surface area contributed by atoms with Crippen LogP contribution >= 0.6 is 11.3 Å². The van der Waals surface area contributed by atoms with E-state index in [4.69, 9.17) is 0 Å². The smallest absolute Gasteiger partial charge is 0.219 e. The van der Waals surface area contributed by atoms with Crippen LogP contribution < -0.4 is 0 Å². The number of carbonyl (C=O) groups excluding carboxylic acids is 1.